The SMILES string of the molecule is CCCCNC(=O)CCCCC1SCC2NC(=O)NC21.O=C(CCCCC1SCC2NC(=O)NC21)NCCC(=O)ON1C(=O)CCC1=O.O=C(CCCCC1SCC2NC(=O)NC21)NCCCN1C(=O)C=CC1=O. The molecule has 8 heterocycles. The molecule has 8 aliphatic rings. The Balaban J connectivity index is 0.000000183. The predicted molar refractivity (Wildman–Crippen MR) is 278 cm³/mol. The zero-order chi connectivity index (χ0) is 53.0. The Morgan fingerprint density at radius 2 is 0.919 bits per heavy atom. The van der Waals surface area contributed by atoms with Gasteiger partial charge in [-0.3, -0.25) is 38.5 Å². The Morgan fingerprint density at radius 3 is 1.32 bits per heavy atom. The Kier molecular flexibility index (Phi) is 23.3. The van der Waals surface area contributed by atoms with Crippen molar-refractivity contribution in [2.75, 3.05) is 43.4 Å². The summed E-state index contributed by atoms with van der Waals surface area (Å²) in [7, 11) is 0. The Morgan fingerprint density at radius 1 is 0.527 bits per heavy atom. The molecule has 0 aliphatic carbocycles. The van der Waals surface area contributed by atoms with E-state index in [9.17, 15) is 52.7 Å². The van der Waals surface area contributed by atoms with Crippen LogP contribution in [0.1, 0.15) is 122 Å². The molecule has 0 aromatic rings. The fourth-order valence-corrected chi connectivity index (χ4v) is 14.3. The van der Waals surface area contributed by atoms with Crippen LogP contribution in [0.4, 0.5) is 14.4 Å². The number of fused-ring (bicyclic) bond motifs is 3. The van der Waals surface area contributed by atoms with Gasteiger partial charge in [-0.2, -0.15) is 35.3 Å². The number of hydrogen-bond donors (Lipinski definition) is 9. The van der Waals surface area contributed by atoms with Crippen LogP contribution in [0.25, 0.3) is 0 Å². The maximum atomic E-state index is 11.8. The Labute approximate surface area is 444 Å². The minimum Gasteiger partial charge on any atom is -0.356 e. The average molecular weight is 1090 g/mol. The van der Waals surface area contributed by atoms with Gasteiger partial charge in [-0.1, -0.05) is 32.6 Å². The van der Waals surface area contributed by atoms with Crippen molar-refractivity contribution in [1.29, 1.82) is 0 Å². The highest BCUT2D eigenvalue weighted by atomic mass is 32.2. The number of urea groups is 3. The first-order valence-electron chi connectivity index (χ1n) is 26.1. The number of hydroxylamine groups is 2. The molecule has 23 nitrogen and oxygen atoms in total. The molecular formula is C48H73N11O12S3. The van der Waals surface area contributed by atoms with E-state index in [0.29, 0.717) is 65.6 Å². The third kappa shape index (κ3) is 18.0. The quantitative estimate of drug-likeness (QED) is 0.0338. The van der Waals surface area contributed by atoms with Gasteiger partial charge in [-0.25, -0.2) is 19.2 Å². The van der Waals surface area contributed by atoms with Gasteiger partial charge in [0.1, 0.15) is 0 Å². The van der Waals surface area contributed by atoms with E-state index in [0.717, 1.165) is 94.4 Å². The molecular weight excluding hydrogens is 1020 g/mol. The monoisotopic (exact) mass is 1090 g/mol. The normalized spacial score (nSPS) is 26.8. The summed E-state index contributed by atoms with van der Waals surface area (Å²) >= 11 is 5.66. The van der Waals surface area contributed by atoms with Gasteiger partial charge in [0.25, 0.3) is 23.6 Å². The highest BCUT2D eigenvalue weighted by Gasteiger charge is 2.44. The molecule has 0 aromatic heterocycles. The topological polar surface area (TPSA) is 312 Å². The maximum absolute atomic E-state index is 11.8. The van der Waals surface area contributed by atoms with Crippen molar-refractivity contribution >= 4 is 101 Å². The van der Waals surface area contributed by atoms with E-state index >= 15 is 0 Å². The first-order chi connectivity index (χ1) is 35.7. The van der Waals surface area contributed by atoms with Gasteiger partial charge in [0.05, 0.1) is 42.7 Å². The molecule has 0 aromatic carbocycles. The highest BCUT2D eigenvalue weighted by molar-refractivity contribution is 8.00. The van der Waals surface area contributed by atoms with Crippen LogP contribution in [-0.4, -0.2) is 171 Å². The summed E-state index contributed by atoms with van der Waals surface area (Å²) in [5.74, 6) is 0.518. The van der Waals surface area contributed by atoms with Gasteiger partial charge < -0.3 is 52.7 Å². The van der Waals surface area contributed by atoms with Crippen LogP contribution in [0.5, 0.6) is 0 Å². The second-order valence-electron chi connectivity index (χ2n) is 19.3. The Hall–Kier alpha value is -5.24. The molecule has 0 saturated carbocycles. The minimum absolute atomic E-state index is 0.00464. The lowest BCUT2D eigenvalue weighted by molar-refractivity contribution is -0.197. The number of hydrogen-bond acceptors (Lipinski definition) is 15. The maximum Gasteiger partial charge on any atom is 0.334 e. The molecule has 8 aliphatic heterocycles. The molecule has 9 atom stereocenters. The van der Waals surface area contributed by atoms with Crippen LogP contribution in [0.3, 0.4) is 0 Å². The number of unbranched alkanes of at least 4 members (excludes halogenated alkanes) is 4. The van der Waals surface area contributed by atoms with Crippen molar-refractivity contribution < 1.29 is 57.6 Å². The van der Waals surface area contributed by atoms with Crippen LogP contribution in [0, 0.1) is 0 Å². The first-order valence-corrected chi connectivity index (χ1v) is 29.3. The number of nitrogens with one attached hydrogen (secondary N) is 9. The van der Waals surface area contributed by atoms with Crippen LogP contribution in [-0.2, 0) is 43.2 Å². The van der Waals surface area contributed by atoms with Crippen molar-refractivity contribution in [3.05, 3.63) is 12.2 Å². The number of imide groups is 2. The van der Waals surface area contributed by atoms with Crippen LogP contribution >= 0.6 is 35.3 Å². The van der Waals surface area contributed by atoms with E-state index in [4.69, 9.17) is 4.84 Å². The van der Waals surface area contributed by atoms with Crippen LogP contribution in [0.2, 0.25) is 0 Å². The van der Waals surface area contributed by atoms with Gasteiger partial charge in [0, 0.05) is 103 Å². The molecule has 13 amide bonds. The lowest BCUT2D eigenvalue weighted by Gasteiger charge is -2.16. The summed E-state index contributed by atoms with van der Waals surface area (Å²) < 4.78 is 0. The zero-order valence-corrected chi connectivity index (χ0v) is 44.5. The van der Waals surface area contributed by atoms with E-state index in [1.807, 2.05) is 35.3 Å². The van der Waals surface area contributed by atoms with Crippen molar-refractivity contribution in [3.8, 4) is 0 Å². The summed E-state index contributed by atoms with van der Waals surface area (Å²) in [6.45, 7) is 3.79. The summed E-state index contributed by atoms with van der Waals surface area (Å²) in [5, 5.41) is 27.9. The Bertz CT molecular complexity index is 2050. The molecule has 7 saturated heterocycles. The molecule has 0 radical (unpaired) electrons. The van der Waals surface area contributed by atoms with Crippen molar-refractivity contribution in [3.63, 3.8) is 0 Å². The summed E-state index contributed by atoms with van der Waals surface area (Å²) in [4.78, 5) is 132. The number of thioether (sulfide) groups is 3. The fourth-order valence-electron chi connectivity index (χ4n) is 9.72. The van der Waals surface area contributed by atoms with E-state index in [1.54, 1.807) is 0 Å². The summed E-state index contributed by atoms with van der Waals surface area (Å²) in [6, 6.07) is 1.22. The van der Waals surface area contributed by atoms with E-state index < -0.39 is 17.8 Å². The molecule has 74 heavy (non-hydrogen) atoms. The number of nitrogens with zero attached hydrogens (tertiary/aromatic N) is 2. The van der Waals surface area contributed by atoms with E-state index in [2.05, 4.69) is 54.8 Å². The number of carbonyl (C=O) groups is 11. The third-order valence-electron chi connectivity index (χ3n) is 13.7. The third-order valence-corrected chi connectivity index (χ3v) is 18.3. The highest BCUT2D eigenvalue weighted by Crippen LogP contribution is 2.35. The number of carbonyl (C=O) groups excluding carboxylic acids is 11. The molecule has 8 rings (SSSR count). The predicted octanol–water partition coefficient (Wildman–Crippen LogP) is 1.60. The van der Waals surface area contributed by atoms with E-state index in [-0.39, 0.29) is 104 Å². The fraction of sp³-hybridized carbons (Fsp3) is 0.729. The lowest BCUT2D eigenvalue weighted by atomic mass is 10.0. The second kappa shape index (κ2) is 29.7. The lowest BCUT2D eigenvalue weighted by Crippen LogP contribution is -2.36. The zero-order valence-electron chi connectivity index (χ0n) is 42.0. The van der Waals surface area contributed by atoms with Crippen LogP contribution in [0.15, 0.2) is 12.2 Å². The summed E-state index contributed by atoms with van der Waals surface area (Å²) in [5.41, 5.74) is 0. The number of amides is 13. The molecule has 9 unspecified atom stereocenters. The smallest absolute Gasteiger partial charge is 0.334 e. The van der Waals surface area contributed by atoms with E-state index in [1.165, 1.54) is 17.1 Å². The second-order valence-corrected chi connectivity index (χ2v) is 23.1. The average Bonchev–Trinajstić information content (AvgIpc) is 4.27. The van der Waals surface area contributed by atoms with Gasteiger partial charge >= 0.3 is 24.1 Å². The van der Waals surface area contributed by atoms with Crippen LogP contribution < -0.4 is 47.9 Å². The van der Waals surface area contributed by atoms with Crippen molar-refractivity contribution in [2.24, 2.45) is 0 Å². The molecule has 7 fully saturated rings. The molecule has 410 valence electrons. The molecule has 0 spiro atoms. The van der Waals surface area contributed by atoms with Gasteiger partial charge in [0.2, 0.25) is 17.7 Å². The van der Waals surface area contributed by atoms with Gasteiger partial charge in [-0.15, -0.1) is 5.06 Å². The van der Waals surface area contributed by atoms with Crippen molar-refractivity contribution in [1.82, 2.24) is 57.8 Å². The molecule has 0 bridgehead atoms. The molecule has 9 N–H and O–H groups in total. The van der Waals surface area contributed by atoms with Crippen molar-refractivity contribution in [2.45, 2.75) is 174 Å². The largest absolute Gasteiger partial charge is 0.356 e. The summed E-state index contributed by atoms with van der Waals surface area (Å²) in [6.07, 6.45) is 15.1. The van der Waals surface area contributed by atoms with Gasteiger partial charge in [-0.05, 0) is 51.4 Å². The number of rotatable bonds is 26. The minimum atomic E-state index is -0.732. The first kappa shape index (κ1) is 58.0. The van der Waals surface area contributed by atoms with Gasteiger partial charge in [0.15, 0.2) is 0 Å². The molecule has 26 heteroatoms. The standard InChI is InChI=1S/C17H24N4O6S.C17H24N4O4S.C14H25N3O2S/c22-12(18-8-7-15(25)27-21-13(23)5-6-14(21)24)4-2-1-3-11-16-10(9-28-11)19-17(26)20-16;22-13(18-8-3-9-21-14(23)6-7-15(21)24)5-2-1-4-12-16-11(10-26-12)19-17(25)20-16;1-2-3-8-15-12(18)7-5-4-6-11-13-10(9-20-11)16-14(19)17-13/h10-11,16H,1-9H2,(H,18,22)(H2,19,20,26);6-7,11-12,16H,1-5,8-10H2,(H,18,22)(H2,19,20,25);10-11,13H,2-9H2,1H3,(H,15,18)(H2,16,17,19).